The lowest BCUT2D eigenvalue weighted by Crippen LogP contribution is -2.39. The molecule has 0 bridgehead atoms. The maximum atomic E-state index is 5.94. The average Bonchev–Trinajstić information content (AvgIpc) is 2.95. The number of aromatic nitrogens is 1. The standard InChI is InChI=1S/C13H23N3S/c1-10-7-15-12(17-10)11(2)16-9-13(8-14)5-3-4-6-13/h7,11,16H,3-6,8-9,14H2,1-2H3. The van der Waals surface area contributed by atoms with Gasteiger partial charge in [0, 0.05) is 17.6 Å². The van der Waals surface area contributed by atoms with Crippen LogP contribution in [0.2, 0.25) is 0 Å². The smallest absolute Gasteiger partial charge is 0.109 e. The summed E-state index contributed by atoms with van der Waals surface area (Å²) in [5.41, 5.74) is 6.29. The summed E-state index contributed by atoms with van der Waals surface area (Å²) < 4.78 is 0. The molecule has 1 fully saturated rings. The highest BCUT2D eigenvalue weighted by molar-refractivity contribution is 7.11. The number of nitrogens with two attached hydrogens (primary N) is 1. The van der Waals surface area contributed by atoms with Crippen LogP contribution in [0.5, 0.6) is 0 Å². The predicted octanol–water partition coefficient (Wildman–Crippen LogP) is 2.62. The summed E-state index contributed by atoms with van der Waals surface area (Å²) >= 11 is 1.78. The minimum atomic E-state index is 0.345. The van der Waals surface area contributed by atoms with Crippen LogP contribution in [0, 0.1) is 12.3 Å². The van der Waals surface area contributed by atoms with Crippen LogP contribution in [0.1, 0.15) is 48.5 Å². The molecule has 2 rings (SSSR count). The first kappa shape index (κ1) is 13.0. The minimum Gasteiger partial charge on any atom is -0.330 e. The monoisotopic (exact) mass is 253 g/mol. The Labute approximate surface area is 108 Å². The van der Waals surface area contributed by atoms with Gasteiger partial charge in [0.25, 0.3) is 0 Å². The second kappa shape index (κ2) is 5.46. The van der Waals surface area contributed by atoms with Crippen LogP contribution in [0.4, 0.5) is 0 Å². The van der Waals surface area contributed by atoms with E-state index >= 15 is 0 Å². The van der Waals surface area contributed by atoms with Crippen LogP contribution in [0.25, 0.3) is 0 Å². The van der Waals surface area contributed by atoms with E-state index in [4.69, 9.17) is 5.73 Å². The van der Waals surface area contributed by atoms with Gasteiger partial charge < -0.3 is 11.1 Å². The fourth-order valence-electron chi connectivity index (χ4n) is 2.61. The number of hydrogen-bond donors (Lipinski definition) is 2. The van der Waals surface area contributed by atoms with Crippen molar-refractivity contribution in [3.8, 4) is 0 Å². The highest BCUT2D eigenvalue weighted by atomic mass is 32.1. The lowest BCUT2D eigenvalue weighted by atomic mass is 9.86. The van der Waals surface area contributed by atoms with Crippen LogP contribution < -0.4 is 11.1 Å². The van der Waals surface area contributed by atoms with Crippen molar-refractivity contribution in [3.63, 3.8) is 0 Å². The van der Waals surface area contributed by atoms with Gasteiger partial charge in [-0.2, -0.15) is 0 Å². The SMILES string of the molecule is Cc1cnc(C(C)NCC2(CN)CCCC2)s1. The zero-order valence-electron chi connectivity index (χ0n) is 10.8. The molecule has 96 valence electrons. The first-order chi connectivity index (χ1) is 8.15. The van der Waals surface area contributed by atoms with Gasteiger partial charge in [-0.05, 0) is 38.6 Å². The van der Waals surface area contributed by atoms with Gasteiger partial charge in [-0.25, -0.2) is 4.98 Å². The van der Waals surface area contributed by atoms with Crippen molar-refractivity contribution >= 4 is 11.3 Å². The maximum Gasteiger partial charge on any atom is 0.109 e. The largest absolute Gasteiger partial charge is 0.330 e. The molecule has 0 saturated heterocycles. The molecule has 3 N–H and O–H groups in total. The lowest BCUT2D eigenvalue weighted by Gasteiger charge is -2.29. The van der Waals surface area contributed by atoms with E-state index in [1.807, 2.05) is 6.20 Å². The summed E-state index contributed by atoms with van der Waals surface area (Å²) in [5.74, 6) is 0. The molecular weight excluding hydrogens is 230 g/mol. The Morgan fingerprint density at radius 2 is 2.24 bits per heavy atom. The number of thiazole rings is 1. The molecular formula is C13H23N3S. The predicted molar refractivity (Wildman–Crippen MR) is 73.2 cm³/mol. The van der Waals surface area contributed by atoms with Crippen molar-refractivity contribution in [2.24, 2.45) is 11.1 Å². The Hall–Kier alpha value is -0.450. The number of rotatable bonds is 5. The van der Waals surface area contributed by atoms with Gasteiger partial charge >= 0.3 is 0 Å². The van der Waals surface area contributed by atoms with E-state index in [-0.39, 0.29) is 0 Å². The Morgan fingerprint density at radius 1 is 1.53 bits per heavy atom. The number of hydrogen-bond acceptors (Lipinski definition) is 4. The van der Waals surface area contributed by atoms with Gasteiger partial charge in [0.05, 0.1) is 6.04 Å². The average molecular weight is 253 g/mol. The third-order valence-electron chi connectivity index (χ3n) is 3.89. The highest BCUT2D eigenvalue weighted by Crippen LogP contribution is 2.37. The summed E-state index contributed by atoms with van der Waals surface area (Å²) in [6.45, 7) is 6.14. The molecule has 3 nitrogen and oxygen atoms in total. The number of aryl methyl sites for hydroxylation is 1. The van der Waals surface area contributed by atoms with Crippen molar-refractivity contribution in [3.05, 3.63) is 16.1 Å². The first-order valence-corrected chi connectivity index (χ1v) is 7.33. The zero-order valence-corrected chi connectivity index (χ0v) is 11.6. The molecule has 1 unspecified atom stereocenters. The molecule has 1 aromatic rings. The number of nitrogens with zero attached hydrogens (tertiary/aromatic N) is 1. The van der Waals surface area contributed by atoms with Crippen molar-refractivity contribution in [2.45, 2.75) is 45.6 Å². The summed E-state index contributed by atoms with van der Waals surface area (Å²) in [7, 11) is 0. The molecule has 1 heterocycles. The van der Waals surface area contributed by atoms with Gasteiger partial charge in [-0.3, -0.25) is 0 Å². The van der Waals surface area contributed by atoms with Crippen LogP contribution >= 0.6 is 11.3 Å². The van der Waals surface area contributed by atoms with E-state index in [0.717, 1.165) is 13.1 Å². The van der Waals surface area contributed by atoms with Crippen LogP contribution in [0.15, 0.2) is 6.20 Å². The van der Waals surface area contributed by atoms with Crippen molar-refractivity contribution < 1.29 is 0 Å². The molecule has 0 aliphatic heterocycles. The molecule has 0 aromatic carbocycles. The zero-order chi connectivity index (χ0) is 12.3. The third-order valence-corrected chi connectivity index (χ3v) is 4.99. The normalized spacial score (nSPS) is 20.6. The summed E-state index contributed by atoms with van der Waals surface area (Å²) in [6.07, 6.45) is 7.18. The molecule has 1 atom stereocenters. The van der Waals surface area contributed by atoms with E-state index in [2.05, 4.69) is 24.1 Å². The maximum absolute atomic E-state index is 5.94. The van der Waals surface area contributed by atoms with Gasteiger partial charge in [-0.15, -0.1) is 11.3 Å². The second-order valence-corrected chi connectivity index (χ2v) is 6.59. The van der Waals surface area contributed by atoms with E-state index in [1.54, 1.807) is 11.3 Å². The Balaban J connectivity index is 1.89. The van der Waals surface area contributed by atoms with E-state index in [1.165, 1.54) is 35.6 Å². The van der Waals surface area contributed by atoms with E-state index in [9.17, 15) is 0 Å². The van der Waals surface area contributed by atoms with E-state index in [0.29, 0.717) is 11.5 Å². The van der Waals surface area contributed by atoms with E-state index < -0.39 is 0 Å². The molecule has 0 radical (unpaired) electrons. The third kappa shape index (κ3) is 3.06. The van der Waals surface area contributed by atoms with Crippen molar-refractivity contribution in [2.75, 3.05) is 13.1 Å². The van der Waals surface area contributed by atoms with Gasteiger partial charge in [-0.1, -0.05) is 12.8 Å². The fourth-order valence-corrected chi connectivity index (χ4v) is 3.41. The molecule has 1 aromatic heterocycles. The van der Waals surface area contributed by atoms with Crippen LogP contribution in [-0.2, 0) is 0 Å². The van der Waals surface area contributed by atoms with Crippen molar-refractivity contribution in [1.82, 2.24) is 10.3 Å². The molecule has 1 aliphatic carbocycles. The second-order valence-electron chi connectivity index (χ2n) is 5.32. The Morgan fingerprint density at radius 3 is 2.76 bits per heavy atom. The van der Waals surface area contributed by atoms with Gasteiger partial charge in [0.15, 0.2) is 0 Å². The Bertz CT molecular complexity index is 355. The fraction of sp³-hybridized carbons (Fsp3) is 0.769. The lowest BCUT2D eigenvalue weighted by molar-refractivity contribution is 0.279. The Kier molecular flexibility index (Phi) is 4.17. The molecule has 1 aliphatic rings. The van der Waals surface area contributed by atoms with Gasteiger partial charge in [0.1, 0.15) is 5.01 Å². The molecule has 1 saturated carbocycles. The highest BCUT2D eigenvalue weighted by Gasteiger charge is 2.32. The number of nitrogens with one attached hydrogen (secondary N) is 1. The first-order valence-electron chi connectivity index (χ1n) is 6.51. The van der Waals surface area contributed by atoms with Gasteiger partial charge in [0.2, 0.25) is 0 Å². The molecule has 0 spiro atoms. The summed E-state index contributed by atoms with van der Waals surface area (Å²) in [6, 6.07) is 0.345. The topological polar surface area (TPSA) is 50.9 Å². The van der Waals surface area contributed by atoms with Crippen LogP contribution in [-0.4, -0.2) is 18.1 Å². The van der Waals surface area contributed by atoms with Crippen molar-refractivity contribution in [1.29, 1.82) is 0 Å². The van der Waals surface area contributed by atoms with Crippen LogP contribution in [0.3, 0.4) is 0 Å². The summed E-state index contributed by atoms with van der Waals surface area (Å²) in [5, 5.41) is 4.80. The molecule has 0 amide bonds. The molecule has 4 heteroatoms. The summed E-state index contributed by atoms with van der Waals surface area (Å²) in [4.78, 5) is 5.71. The minimum absolute atomic E-state index is 0.345. The molecule has 17 heavy (non-hydrogen) atoms. The quantitative estimate of drug-likeness (QED) is 0.848.